The van der Waals surface area contributed by atoms with Crippen molar-refractivity contribution in [3.05, 3.63) is 307 Å². The molecule has 0 aliphatic heterocycles. The number of H-pyrrole nitrogens is 5. The van der Waals surface area contributed by atoms with Crippen LogP contribution in [0.5, 0.6) is 0 Å². The molecule has 15 heterocycles. The molecule has 0 amide bonds. The van der Waals surface area contributed by atoms with Crippen LogP contribution in [0.25, 0.3) is 53.9 Å². The fourth-order valence-corrected chi connectivity index (χ4v) is 13.1. The van der Waals surface area contributed by atoms with E-state index < -0.39 is 34.9 Å². The summed E-state index contributed by atoms with van der Waals surface area (Å²) in [6, 6.07) is 40.5. The van der Waals surface area contributed by atoms with Gasteiger partial charge in [0.15, 0.2) is 0 Å². The molecule has 6 aromatic carbocycles. The van der Waals surface area contributed by atoms with E-state index in [0.717, 1.165) is 81.2 Å². The minimum absolute atomic E-state index is 0. The minimum Gasteiger partial charge on any atom is -0.286 e. The molecule has 21 aromatic rings. The zero-order valence-corrected chi connectivity index (χ0v) is 63.3. The monoisotopic (exact) mass is 1440 g/mol. The maximum Gasteiger partial charge on any atom is 1.00 e. The molecule has 21 rings (SSSR count). The molecule has 0 atom stereocenters. The molecule has 0 saturated heterocycles. The van der Waals surface area contributed by atoms with Crippen molar-refractivity contribution < 1.29 is 105 Å². The first-order valence-electron chi connectivity index (χ1n) is 31.7. The molecule has 1 radical (unpaired) electrons. The van der Waals surface area contributed by atoms with E-state index in [9.17, 15) is 0 Å². The molecule has 0 aliphatic rings. The van der Waals surface area contributed by atoms with Crippen LogP contribution in [-0.4, -0.2) is 183 Å². The molecule has 39 heteroatoms. The van der Waals surface area contributed by atoms with Gasteiger partial charge in [-0.3, -0.25) is 71.4 Å². The Hall–Kier alpha value is -10.6. The Balaban J connectivity index is 0.000000297. The van der Waals surface area contributed by atoms with Gasteiger partial charge in [0.25, 0.3) is 0 Å². The van der Waals surface area contributed by atoms with E-state index in [2.05, 4.69) is 81.3 Å². The Morgan fingerprint density at radius 2 is 0.346 bits per heavy atom. The normalized spacial score (nSPS) is 10.6. The summed E-state index contributed by atoms with van der Waals surface area (Å²) < 4.78 is 19.8. The number of rotatable bonds is 15. The number of benzene rings is 5. The summed E-state index contributed by atoms with van der Waals surface area (Å²) >= 11 is 0. The van der Waals surface area contributed by atoms with E-state index in [4.69, 9.17) is 51.0 Å². The van der Waals surface area contributed by atoms with Crippen LogP contribution >= 0.6 is 0 Å². The summed E-state index contributed by atoms with van der Waals surface area (Å²) in [5, 5.41) is 91.1. The molecule has 0 fully saturated rings. The Bertz CT molecular complexity index is 4600. The van der Waals surface area contributed by atoms with Crippen LogP contribution in [0.15, 0.2) is 307 Å². The van der Waals surface area contributed by atoms with Gasteiger partial charge in [-0.1, -0.05) is 30.3 Å². The van der Waals surface area contributed by atoms with Crippen molar-refractivity contribution in [2.24, 2.45) is 0 Å². The van der Waals surface area contributed by atoms with Gasteiger partial charge in [0.1, 0.15) is 0 Å². The van der Waals surface area contributed by atoms with Crippen molar-refractivity contribution in [1.29, 1.82) is 0 Å². The van der Waals surface area contributed by atoms with Crippen molar-refractivity contribution in [3.63, 3.8) is 0 Å². The third-order valence-corrected chi connectivity index (χ3v) is 16.8. The number of nitrogens with zero attached hydrogens (tertiary/aromatic N) is 25. The second kappa shape index (κ2) is 34.6. The predicted molar refractivity (Wildman–Crippen MR) is 384 cm³/mol. The Morgan fingerprint density at radius 3 is 0.433 bits per heavy atom. The number of aromatic nitrogens is 30. The van der Waals surface area contributed by atoms with Crippen molar-refractivity contribution >= 4 is 116 Å². The average molecular weight is 1440 g/mol. The van der Waals surface area contributed by atoms with Gasteiger partial charge in [-0.25, -0.2) is 0 Å². The Kier molecular flexibility index (Phi) is 24.3. The molecule has 0 spiro atoms. The van der Waals surface area contributed by atoms with Crippen LogP contribution in [0, 0.1) is 0 Å². The first-order chi connectivity index (χ1) is 49.7. The van der Waals surface area contributed by atoms with Crippen LogP contribution in [0.4, 0.5) is 0 Å². The van der Waals surface area contributed by atoms with Gasteiger partial charge in [0.05, 0.1) is 0 Å². The molecule has 489 valence electrons. The summed E-state index contributed by atoms with van der Waals surface area (Å²) in [6.45, 7) is -2.59. The third kappa shape index (κ3) is 14.8. The van der Waals surface area contributed by atoms with Crippen molar-refractivity contribution in [1.82, 2.24) is 148 Å². The van der Waals surface area contributed by atoms with Crippen LogP contribution < -0.4 is 116 Å². The molecular formula is C65H55B5CoN30Na3+3. The first kappa shape index (κ1) is 73.1. The molecule has 30 nitrogen and oxygen atoms in total. The standard InChI is InChI=1S/C50H35B5N20.5C3H4N2.Co.3Na/c1-11-56-66(21-1)51(67-22-2-12-57-67)41-31-37-43(53(70-25-5-15-60-70)71-26-6-16-61-71)33-39-45(55(74-29-9-19-64-74)75-30-10-20-65-75)35-40-44(54(72-27-7-17-62-72)73-28-8-18-63-73)34-38-42(32-36(41)46-47(37)49(39)50(40)48(38)46)52(68-23-3-13-58-68)69-24-4-14-59-69;5*1-2-4-5-3-1;;;;/h1-35H;5*1-3H,(H,4,5);;;;/q;;;;;;;3*+1. The molecule has 15 aromatic heterocycles. The van der Waals surface area contributed by atoms with Gasteiger partial charge < -0.3 is 0 Å². The average Bonchev–Trinajstić information content (AvgIpc) is 1.51. The van der Waals surface area contributed by atoms with E-state index in [1.54, 1.807) is 62.0 Å². The smallest absolute Gasteiger partial charge is 0.286 e. The van der Waals surface area contributed by atoms with E-state index in [1.165, 1.54) is 0 Å². The number of aromatic amines is 5. The SMILES string of the molecule is [Co].[Na+].[Na+].[Na+].c1cn[nH]c1.c1cn[nH]c1.c1cn[nH]c1.c1cn[nH]c1.c1cn[nH]c1.c1cnn(B(c2cc3c(B(n4cccn4)n4cccn4)cc4c(B(n5cccn5)n5cccn5)cc5c(B(n6cccn6)n6cccn6)cc6c(B(n7cccn7)n7cccn7)cc2c2c6c5c4c32)n2cccn2)c1. The number of hydrogen-bond donors (Lipinski definition) is 5. The van der Waals surface area contributed by atoms with E-state index in [-0.39, 0.29) is 105 Å². The van der Waals surface area contributed by atoms with Gasteiger partial charge in [-0.2, -0.15) is 76.5 Å². The predicted octanol–water partition coefficient (Wildman–Crippen LogP) is -5.25. The van der Waals surface area contributed by atoms with Gasteiger partial charge in [-0.15, -0.1) is 0 Å². The van der Waals surface area contributed by atoms with Gasteiger partial charge in [0, 0.05) is 203 Å². The topological polar surface area (TPSA) is 322 Å². The second-order valence-electron chi connectivity index (χ2n) is 22.5. The summed E-state index contributed by atoms with van der Waals surface area (Å²) in [7, 11) is 0. The summed E-state index contributed by atoms with van der Waals surface area (Å²) in [6.07, 6.45) is 55.5. The molecule has 0 bridgehead atoms. The van der Waals surface area contributed by atoms with E-state index in [0.29, 0.717) is 0 Å². The van der Waals surface area contributed by atoms with Crippen molar-refractivity contribution in [2.75, 3.05) is 0 Å². The fraction of sp³-hybridized carbons (Fsp3) is 0. The van der Waals surface area contributed by atoms with Crippen molar-refractivity contribution in [3.8, 4) is 0 Å². The molecule has 104 heavy (non-hydrogen) atoms. The quantitative estimate of drug-likeness (QED) is 0.0473. The van der Waals surface area contributed by atoms with E-state index in [1.807, 2.05) is 261 Å². The third-order valence-electron chi connectivity index (χ3n) is 16.8. The second-order valence-corrected chi connectivity index (χ2v) is 22.5. The summed E-state index contributed by atoms with van der Waals surface area (Å²) in [5.41, 5.74) is 4.91. The zero-order valence-electron chi connectivity index (χ0n) is 56.3. The van der Waals surface area contributed by atoms with Crippen LogP contribution in [0.2, 0.25) is 0 Å². The molecule has 0 saturated carbocycles. The minimum atomic E-state index is -0.518. The van der Waals surface area contributed by atoms with Crippen molar-refractivity contribution in [2.45, 2.75) is 0 Å². The maximum absolute atomic E-state index is 4.94. The molecule has 5 N–H and O–H groups in total. The summed E-state index contributed by atoms with van der Waals surface area (Å²) in [5.74, 6) is 0. The van der Waals surface area contributed by atoms with E-state index >= 15 is 0 Å². The molecule has 0 aliphatic carbocycles. The van der Waals surface area contributed by atoms with Gasteiger partial charge in [0.2, 0.25) is 0 Å². The van der Waals surface area contributed by atoms with Crippen LogP contribution in [0.3, 0.4) is 0 Å². The first-order valence-corrected chi connectivity index (χ1v) is 31.7. The van der Waals surface area contributed by atoms with Crippen LogP contribution in [0.1, 0.15) is 0 Å². The molecule has 0 unspecified atom stereocenters. The Morgan fingerprint density at radius 1 is 0.202 bits per heavy atom. The van der Waals surface area contributed by atoms with Gasteiger partial charge >= 0.3 is 124 Å². The maximum atomic E-state index is 4.94. The summed E-state index contributed by atoms with van der Waals surface area (Å²) in [4.78, 5) is 0. The number of nitrogens with one attached hydrogen (secondary N) is 5. The molecular weight excluding hydrogens is 1380 g/mol. The largest absolute Gasteiger partial charge is 1.00 e. The fourth-order valence-electron chi connectivity index (χ4n) is 13.1. The van der Waals surface area contributed by atoms with Crippen LogP contribution in [-0.2, 0) is 16.8 Å². The Labute approximate surface area is 670 Å². The number of hydrogen-bond acceptors (Lipinski definition) is 15. The van der Waals surface area contributed by atoms with Gasteiger partial charge in [-0.05, 0) is 172 Å². The zero-order chi connectivity index (χ0) is 66.8.